The van der Waals surface area contributed by atoms with Gasteiger partial charge < -0.3 is 15.5 Å². The van der Waals surface area contributed by atoms with Crippen molar-refractivity contribution >= 4 is 17.6 Å². The lowest BCUT2D eigenvalue weighted by atomic mass is 10.1. The number of nitrogens with one attached hydrogen (secondary N) is 3. The van der Waals surface area contributed by atoms with E-state index >= 15 is 0 Å². The summed E-state index contributed by atoms with van der Waals surface area (Å²) in [6, 6.07) is 0.138. The van der Waals surface area contributed by atoms with Crippen molar-refractivity contribution in [2.45, 2.75) is 39.3 Å². The van der Waals surface area contributed by atoms with Gasteiger partial charge in [-0.05, 0) is 26.8 Å². The van der Waals surface area contributed by atoms with Gasteiger partial charge in [-0.2, -0.15) is 5.10 Å². The van der Waals surface area contributed by atoms with E-state index in [1.54, 1.807) is 4.90 Å². The number of rotatable bonds is 3. The first kappa shape index (κ1) is 14.1. The molecule has 2 aliphatic heterocycles. The summed E-state index contributed by atoms with van der Waals surface area (Å²) >= 11 is 0. The van der Waals surface area contributed by atoms with Crippen molar-refractivity contribution in [2.75, 3.05) is 18.4 Å². The number of likely N-dealkylation sites (tertiary alicyclic amines) is 1. The SMILES string of the molecule is CC(C)N1CC(C(=O)Nc2n[nH]c3c2CCNC3)CC1=O. The second kappa shape index (κ2) is 5.48. The van der Waals surface area contributed by atoms with Gasteiger partial charge in [-0.1, -0.05) is 0 Å². The van der Waals surface area contributed by atoms with Gasteiger partial charge >= 0.3 is 0 Å². The molecule has 114 valence electrons. The molecule has 1 saturated heterocycles. The van der Waals surface area contributed by atoms with E-state index in [0.29, 0.717) is 12.4 Å². The van der Waals surface area contributed by atoms with Gasteiger partial charge in [0, 0.05) is 31.1 Å². The molecule has 0 spiro atoms. The van der Waals surface area contributed by atoms with Crippen molar-refractivity contribution in [1.29, 1.82) is 0 Å². The molecule has 2 amide bonds. The predicted octanol–water partition coefficient (Wildman–Crippen LogP) is 0.251. The van der Waals surface area contributed by atoms with Crippen LogP contribution in [0.15, 0.2) is 0 Å². The Morgan fingerprint density at radius 2 is 2.29 bits per heavy atom. The van der Waals surface area contributed by atoms with Crippen LogP contribution in [0.4, 0.5) is 5.82 Å². The topological polar surface area (TPSA) is 90.1 Å². The van der Waals surface area contributed by atoms with Crippen molar-refractivity contribution in [2.24, 2.45) is 5.92 Å². The molecule has 1 atom stereocenters. The molecule has 3 rings (SSSR count). The third kappa shape index (κ3) is 2.65. The maximum atomic E-state index is 12.4. The first-order valence-electron chi connectivity index (χ1n) is 7.43. The van der Waals surface area contributed by atoms with Gasteiger partial charge in [0.05, 0.1) is 11.6 Å². The Hall–Kier alpha value is -1.89. The van der Waals surface area contributed by atoms with Crippen molar-refractivity contribution in [3.05, 3.63) is 11.3 Å². The zero-order chi connectivity index (χ0) is 15.0. The van der Waals surface area contributed by atoms with E-state index in [4.69, 9.17) is 0 Å². The zero-order valence-electron chi connectivity index (χ0n) is 12.4. The number of hydrogen-bond donors (Lipinski definition) is 3. The smallest absolute Gasteiger partial charge is 0.231 e. The van der Waals surface area contributed by atoms with Crippen molar-refractivity contribution < 1.29 is 9.59 Å². The number of fused-ring (bicyclic) bond motifs is 1. The number of H-pyrrole nitrogens is 1. The van der Waals surface area contributed by atoms with Crippen LogP contribution in [0.5, 0.6) is 0 Å². The molecule has 1 fully saturated rings. The van der Waals surface area contributed by atoms with Crippen LogP contribution in [0, 0.1) is 5.92 Å². The molecule has 7 heteroatoms. The third-order valence-corrected chi connectivity index (χ3v) is 4.20. The number of anilines is 1. The maximum Gasteiger partial charge on any atom is 0.231 e. The highest BCUT2D eigenvalue weighted by Crippen LogP contribution is 2.24. The molecule has 21 heavy (non-hydrogen) atoms. The standard InChI is InChI=1S/C14H21N5O2/c1-8(2)19-7-9(5-12(19)20)14(21)16-13-10-3-4-15-6-11(10)17-18-13/h8-9,15H,3-7H2,1-2H3,(H2,16,17,18,21). The van der Waals surface area contributed by atoms with Gasteiger partial charge in [0.1, 0.15) is 0 Å². The van der Waals surface area contributed by atoms with Gasteiger partial charge in [0.25, 0.3) is 0 Å². The molecule has 0 aromatic carbocycles. The summed E-state index contributed by atoms with van der Waals surface area (Å²) in [4.78, 5) is 26.0. The number of amides is 2. The first-order chi connectivity index (χ1) is 10.1. The highest BCUT2D eigenvalue weighted by molar-refractivity contribution is 5.97. The van der Waals surface area contributed by atoms with Crippen LogP contribution in [0.1, 0.15) is 31.5 Å². The highest BCUT2D eigenvalue weighted by atomic mass is 16.2. The van der Waals surface area contributed by atoms with Crippen molar-refractivity contribution in [1.82, 2.24) is 20.4 Å². The average Bonchev–Trinajstić information content (AvgIpc) is 3.03. The fraction of sp³-hybridized carbons (Fsp3) is 0.643. The van der Waals surface area contributed by atoms with E-state index in [0.717, 1.165) is 30.8 Å². The normalized spacial score (nSPS) is 21.8. The van der Waals surface area contributed by atoms with E-state index in [2.05, 4.69) is 20.8 Å². The summed E-state index contributed by atoms with van der Waals surface area (Å²) in [6.07, 6.45) is 1.14. The minimum atomic E-state index is -0.283. The number of carbonyl (C=O) groups excluding carboxylic acids is 2. The predicted molar refractivity (Wildman–Crippen MR) is 77.6 cm³/mol. The van der Waals surface area contributed by atoms with E-state index in [1.165, 1.54) is 0 Å². The van der Waals surface area contributed by atoms with Gasteiger partial charge in [0.2, 0.25) is 11.8 Å². The minimum absolute atomic E-state index is 0.0541. The average molecular weight is 291 g/mol. The molecular formula is C14H21N5O2. The molecule has 3 heterocycles. The molecule has 1 aromatic rings. The highest BCUT2D eigenvalue weighted by Gasteiger charge is 2.36. The van der Waals surface area contributed by atoms with Crippen LogP contribution in [0.25, 0.3) is 0 Å². The van der Waals surface area contributed by atoms with Crippen LogP contribution in [-0.4, -0.2) is 46.0 Å². The maximum absolute atomic E-state index is 12.4. The van der Waals surface area contributed by atoms with Gasteiger partial charge in [-0.25, -0.2) is 0 Å². The summed E-state index contributed by atoms with van der Waals surface area (Å²) in [5.41, 5.74) is 2.11. The molecule has 3 N–H and O–H groups in total. The number of carbonyl (C=O) groups is 2. The first-order valence-corrected chi connectivity index (χ1v) is 7.43. The van der Waals surface area contributed by atoms with Crippen LogP contribution >= 0.6 is 0 Å². The summed E-state index contributed by atoms with van der Waals surface area (Å²) in [6.45, 7) is 6.07. The second-order valence-electron chi connectivity index (χ2n) is 5.99. The van der Waals surface area contributed by atoms with Crippen molar-refractivity contribution in [3.63, 3.8) is 0 Å². The summed E-state index contributed by atoms with van der Waals surface area (Å²) in [5, 5.41) is 13.3. The van der Waals surface area contributed by atoms with Crippen LogP contribution in [0.3, 0.4) is 0 Å². The molecule has 1 unspecified atom stereocenters. The molecule has 1 aromatic heterocycles. The summed E-state index contributed by atoms with van der Waals surface area (Å²) in [7, 11) is 0. The monoisotopic (exact) mass is 291 g/mol. The van der Waals surface area contributed by atoms with Crippen LogP contribution < -0.4 is 10.6 Å². The van der Waals surface area contributed by atoms with Crippen LogP contribution in [-0.2, 0) is 22.6 Å². The number of aromatic amines is 1. The largest absolute Gasteiger partial charge is 0.339 e. The lowest BCUT2D eigenvalue weighted by Crippen LogP contribution is -2.33. The Balaban J connectivity index is 1.67. The molecule has 7 nitrogen and oxygen atoms in total. The molecule has 0 bridgehead atoms. The Bertz CT molecular complexity index is 566. The molecule has 0 aliphatic carbocycles. The van der Waals surface area contributed by atoms with Gasteiger partial charge in [0.15, 0.2) is 5.82 Å². The Labute approximate surface area is 123 Å². The molecule has 2 aliphatic rings. The molecular weight excluding hydrogens is 270 g/mol. The Morgan fingerprint density at radius 3 is 3.00 bits per heavy atom. The molecule has 0 saturated carbocycles. The lowest BCUT2D eigenvalue weighted by Gasteiger charge is -2.20. The van der Waals surface area contributed by atoms with Crippen LogP contribution in [0.2, 0.25) is 0 Å². The molecule has 0 radical (unpaired) electrons. The Kier molecular flexibility index (Phi) is 3.67. The fourth-order valence-electron chi connectivity index (χ4n) is 2.97. The van der Waals surface area contributed by atoms with E-state index in [1.807, 2.05) is 13.8 Å². The number of hydrogen-bond acceptors (Lipinski definition) is 4. The van der Waals surface area contributed by atoms with E-state index in [9.17, 15) is 9.59 Å². The van der Waals surface area contributed by atoms with Gasteiger partial charge in [-0.15, -0.1) is 0 Å². The summed E-state index contributed by atoms with van der Waals surface area (Å²) in [5.74, 6) is 0.277. The quantitative estimate of drug-likeness (QED) is 0.744. The van der Waals surface area contributed by atoms with Crippen molar-refractivity contribution in [3.8, 4) is 0 Å². The van der Waals surface area contributed by atoms with E-state index in [-0.39, 0.29) is 30.2 Å². The number of aromatic nitrogens is 2. The van der Waals surface area contributed by atoms with E-state index < -0.39 is 0 Å². The minimum Gasteiger partial charge on any atom is -0.339 e. The Morgan fingerprint density at radius 1 is 1.48 bits per heavy atom. The van der Waals surface area contributed by atoms with Gasteiger partial charge in [-0.3, -0.25) is 14.7 Å². The third-order valence-electron chi connectivity index (χ3n) is 4.20. The second-order valence-corrected chi connectivity index (χ2v) is 5.99. The summed E-state index contributed by atoms with van der Waals surface area (Å²) < 4.78 is 0. The fourth-order valence-corrected chi connectivity index (χ4v) is 2.97. The lowest BCUT2D eigenvalue weighted by molar-refractivity contribution is -0.129. The number of nitrogens with zero attached hydrogens (tertiary/aromatic N) is 2. The zero-order valence-corrected chi connectivity index (χ0v) is 12.4.